The molecule has 0 aromatic heterocycles. The van der Waals surface area contributed by atoms with E-state index in [0.29, 0.717) is 19.4 Å². The number of esters is 1. The molecule has 2 unspecified atom stereocenters. The van der Waals surface area contributed by atoms with E-state index in [1.807, 2.05) is 6.08 Å². The Kier molecular flexibility index (Phi) is 64.5. The summed E-state index contributed by atoms with van der Waals surface area (Å²) in [5.74, 6) is -0.0917. The van der Waals surface area contributed by atoms with Crippen LogP contribution >= 0.6 is 0 Å². The number of allylic oxidation sites excluding steroid dienone is 7. The molecule has 0 radical (unpaired) electrons. The summed E-state index contributed by atoms with van der Waals surface area (Å²) in [6.45, 7) is 4.89. The Labute approximate surface area is 480 Å². The molecule has 0 aromatic carbocycles. The van der Waals surface area contributed by atoms with Crippen LogP contribution in [0.3, 0.4) is 0 Å². The van der Waals surface area contributed by atoms with Crippen molar-refractivity contribution in [3.05, 3.63) is 48.6 Å². The Bertz CT molecular complexity index is 1290. The van der Waals surface area contributed by atoms with Gasteiger partial charge in [-0.1, -0.05) is 313 Å². The van der Waals surface area contributed by atoms with Crippen molar-refractivity contribution in [2.24, 2.45) is 0 Å². The highest BCUT2D eigenvalue weighted by molar-refractivity contribution is 5.76. The molecule has 0 fully saturated rings. The second kappa shape index (κ2) is 66.3. The summed E-state index contributed by atoms with van der Waals surface area (Å²) in [7, 11) is 0. The Morgan fingerprint density at radius 2 is 0.649 bits per heavy atom. The number of nitrogens with one attached hydrogen (secondary N) is 1. The number of carbonyl (C=O) groups excluding carboxylic acids is 2. The molecule has 0 aliphatic heterocycles. The van der Waals surface area contributed by atoms with Crippen LogP contribution < -0.4 is 5.32 Å². The van der Waals surface area contributed by atoms with Crippen LogP contribution in [0.15, 0.2) is 48.6 Å². The van der Waals surface area contributed by atoms with Crippen LogP contribution in [-0.2, 0) is 14.3 Å². The molecule has 0 bridgehead atoms. The first-order chi connectivity index (χ1) is 38.0. The highest BCUT2D eigenvalue weighted by Gasteiger charge is 2.18. The number of hydrogen-bond donors (Lipinski definition) is 3. The summed E-state index contributed by atoms with van der Waals surface area (Å²) in [5.41, 5.74) is 0. The maximum absolute atomic E-state index is 12.5. The van der Waals surface area contributed by atoms with E-state index in [1.54, 1.807) is 6.08 Å². The first-order valence-corrected chi connectivity index (χ1v) is 34.4. The fraction of sp³-hybridized carbons (Fsp3) is 0.859. The second-order valence-electron chi connectivity index (χ2n) is 23.5. The van der Waals surface area contributed by atoms with Gasteiger partial charge in [-0.05, 0) is 89.9 Å². The van der Waals surface area contributed by atoms with Gasteiger partial charge in [0.05, 0.1) is 25.4 Å². The van der Waals surface area contributed by atoms with Gasteiger partial charge in [-0.25, -0.2) is 0 Å². The average Bonchev–Trinajstić information content (AvgIpc) is 3.43. The van der Waals surface area contributed by atoms with Crippen LogP contribution in [0, 0.1) is 0 Å². The van der Waals surface area contributed by atoms with Crippen molar-refractivity contribution < 1.29 is 24.5 Å². The lowest BCUT2D eigenvalue weighted by Gasteiger charge is -2.20. The molecule has 0 saturated heterocycles. The quantitative estimate of drug-likeness (QED) is 0.0244. The van der Waals surface area contributed by atoms with Crippen molar-refractivity contribution in [3.8, 4) is 0 Å². The van der Waals surface area contributed by atoms with Gasteiger partial charge in [0.1, 0.15) is 0 Å². The number of amides is 1. The van der Waals surface area contributed by atoms with E-state index in [4.69, 9.17) is 4.74 Å². The minimum Gasteiger partial charge on any atom is -0.466 e. The smallest absolute Gasteiger partial charge is 0.305 e. The molecular formula is C71H133NO5. The molecule has 6 nitrogen and oxygen atoms in total. The summed E-state index contributed by atoms with van der Waals surface area (Å²) in [6.07, 6.45) is 86.0. The van der Waals surface area contributed by atoms with Gasteiger partial charge >= 0.3 is 5.97 Å². The number of rotatable bonds is 64. The van der Waals surface area contributed by atoms with Crippen molar-refractivity contribution >= 4 is 11.9 Å². The number of unbranched alkanes of at least 4 members (excludes halogenated alkanes) is 48. The lowest BCUT2D eigenvalue weighted by molar-refractivity contribution is -0.143. The Balaban J connectivity index is 3.49. The Hall–Kier alpha value is -2.18. The van der Waals surface area contributed by atoms with E-state index in [-0.39, 0.29) is 18.5 Å². The number of hydrogen-bond acceptors (Lipinski definition) is 5. The van der Waals surface area contributed by atoms with Gasteiger partial charge in [0.25, 0.3) is 0 Å². The highest BCUT2D eigenvalue weighted by Crippen LogP contribution is 2.18. The summed E-state index contributed by atoms with van der Waals surface area (Å²) in [4.78, 5) is 24.6. The van der Waals surface area contributed by atoms with Crippen molar-refractivity contribution in [2.75, 3.05) is 13.2 Å². The average molecular weight is 1080 g/mol. The van der Waals surface area contributed by atoms with E-state index in [1.165, 1.54) is 263 Å². The molecule has 1 amide bonds. The van der Waals surface area contributed by atoms with Crippen molar-refractivity contribution in [1.82, 2.24) is 5.32 Å². The van der Waals surface area contributed by atoms with Crippen molar-refractivity contribution in [2.45, 2.75) is 379 Å². The minimum absolute atomic E-state index is 0.0167. The first kappa shape index (κ1) is 74.8. The van der Waals surface area contributed by atoms with Gasteiger partial charge in [0.2, 0.25) is 5.91 Å². The predicted molar refractivity (Wildman–Crippen MR) is 338 cm³/mol. The zero-order valence-corrected chi connectivity index (χ0v) is 51.7. The molecule has 0 saturated carbocycles. The van der Waals surface area contributed by atoms with Gasteiger partial charge in [0, 0.05) is 12.8 Å². The molecule has 452 valence electrons. The van der Waals surface area contributed by atoms with Crippen molar-refractivity contribution in [1.29, 1.82) is 0 Å². The molecule has 0 aliphatic carbocycles. The molecule has 0 spiro atoms. The first-order valence-electron chi connectivity index (χ1n) is 34.4. The third kappa shape index (κ3) is 62.9. The minimum atomic E-state index is -0.854. The van der Waals surface area contributed by atoms with Crippen LogP contribution in [0.5, 0.6) is 0 Å². The summed E-state index contributed by atoms with van der Waals surface area (Å²) in [6, 6.07) is -0.638. The Morgan fingerprint density at radius 1 is 0.364 bits per heavy atom. The van der Waals surface area contributed by atoms with Crippen LogP contribution in [0.1, 0.15) is 367 Å². The van der Waals surface area contributed by atoms with Crippen LogP contribution in [0.2, 0.25) is 0 Å². The molecular weight excluding hydrogens is 947 g/mol. The van der Waals surface area contributed by atoms with Crippen LogP contribution in [0.4, 0.5) is 0 Å². The van der Waals surface area contributed by atoms with E-state index < -0.39 is 12.1 Å². The van der Waals surface area contributed by atoms with Gasteiger partial charge in [0.15, 0.2) is 0 Å². The summed E-state index contributed by atoms with van der Waals surface area (Å²) >= 11 is 0. The zero-order valence-electron chi connectivity index (χ0n) is 51.7. The van der Waals surface area contributed by atoms with Crippen molar-refractivity contribution in [3.63, 3.8) is 0 Å². The van der Waals surface area contributed by atoms with E-state index in [0.717, 1.165) is 77.0 Å². The third-order valence-corrected chi connectivity index (χ3v) is 15.8. The normalized spacial score (nSPS) is 12.8. The molecule has 0 aliphatic rings. The maximum Gasteiger partial charge on any atom is 0.305 e. The predicted octanol–water partition coefficient (Wildman–Crippen LogP) is 22.1. The van der Waals surface area contributed by atoms with Gasteiger partial charge in [-0.3, -0.25) is 9.59 Å². The van der Waals surface area contributed by atoms with Gasteiger partial charge in [-0.2, -0.15) is 0 Å². The van der Waals surface area contributed by atoms with E-state index >= 15 is 0 Å². The lowest BCUT2D eigenvalue weighted by Crippen LogP contribution is -2.45. The van der Waals surface area contributed by atoms with Gasteiger partial charge < -0.3 is 20.3 Å². The zero-order chi connectivity index (χ0) is 55.7. The largest absolute Gasteiger partial charge is 0.466 e. The second-order valence-corrected chi connectivity index (χ2v) is 23.5. The topological polar surface area (TPSA) is 95.9 Å². The molecule has 0 heterocycles. The highest BCUT2D eigenvalue weighted by atomic mass is 16.5. The molecule has 0 rings (SSSR count). The number of aliphatic hydroxyl groups excluding tert-OH is 2. The van der Waals surface area contributed by atoms with Crippen LogP contribution in [0.25, 0.3) is 0 Å². The molecule has 6 heteroatoms. The number of ether oxygens (including phenoxy) is 1. The summed E-state index contributed by atoms with van der Waals surface area (Å²) in [5, 5.41) is 23.2. The number of aliphatic hydroxyl groups is 2. The standard InChI is InChI=1S/C71H133NO5/c1-3-5-7-9-11-13-15-17-19-21-23-24-25-26-28-31-35-39-43-47-51-55-59-63-69(74)68(67-73)72-70(75)64-60-56-52-48-44-40-36-32-29-27-30-34-38-42-46-50-54-58-62-66-77-71(76)65-61-57-53-49-45-41-37-33-22-20-18-16-14-12-10-8-6-4-2/h20,22,34,38,42,46,59,63,68-69,73-74H,3-19,21,23-33,35-37,39-41,43-45,47-58,60-62,64-67H2,1-2H3,(H,72,75)/b22-20-,38-34-,46-42-,63-59+. The van der Waals surface area contributed by atoms with E-state index in [9.17, 15) is 19.8 Å². The monoisotopic (exact) mass is 1080 g/mol. The van der Waals surface area contributed by atoms with Crippen LogP contribution in [-0.4, -0.2) is 47.4 Å². The third-order valence-electron chi connectivity index (χ3n) is 15.8. The molecule has 0 aromatic rings. The fourth-order valence-electron chi connectivity index (χ4n) is 10.6. The maximum atomic E-state index is 12.5. The lowest BCUT2D eigenvalue weighted by atomic mass is 10.0. The Morgan fingerprint density at radius 3 is 1.00 bits per heavy atom. The molecule has 77 heavy (non-hydrogen) atoms. The SMILES string of the molecule is CCCCCCCCC/C=C\CCCCCCCCCC(=O)OCCCCC/C=C\C=C/CCCCCCCCCCCCC(=O)NC(CO)C(O)/C=C/CCCCCCCCCCCCCCCCCCCCCCC. The number of carbonyl (C=O) groups is 2. The van der Waals surface area contributed by atoms with Gasteiger partial charge in [-0.15, -0.1) is 0 Å². The molecule has 3 N–H and O–H groups in total. The fourth-order valence-corrected chi connectivity index (χ4v) is 10.6. The molecule has 2 atom stereocenters. The summed E-state index contributed by atoms with van der Waals surface area (Å²) < 4.78 is 5.47. The van der Waals surface area contributed by atoms with E-state index in [2.05, 4.69) is 55.6 Å².